The smallest absolute Gasteiger partial charge is 0.127 e. The van der Waals surface area contributed by atoms with E-state index in [0.29, 0.717) is 37.1 Å². The maximum Gasteiger partial charge on any atom is 0.127 e. The Balaban J connectivity index is 1.50. The molecule has 1 aliphatic heterocycles. The summed E-state index contributed by atoms with van der Waals surface area (Å²) in [6.45, 7) is 10.4. The summed E-state index contributed by atoms with van der Waals surface area (Å²) in [6.07, 6.45) is -0.546. The zero-order chi connectivity index (χ0) is 27.7. The van der Waals surface area contributed by atoms with E-state index in [0.717, 1.165) is 41.6 Å². The number of benzene rings is 3. The average Bonchev–Trinajstić information content (AvgIpc) is 3.41. The van der Waals surface area contributed by atoms with E-state index < -0.39 is 11.6 Å². The quantitative estimate of drug-likeness (QED) is 0.276. The molecule has 208 valence electrons. The first-order chi connectivity index (χ1) is 19.0. The van der Waals surface area contributed by atoms with Crippen LogP contribution >= 0.6 is 11.6 Å². The number of aliphatic imine (C=N–C) groups is 1. The summed E-state index contributed by atoms with van der Waals surface area (Å²) >= 11 is 5.99. The molecule has 0 fully saturated rings. The molecule has 0 radical (unpaired) electrons. The minimum absolute atomic E-state index is 0.246. The molecule has 0 bridgehead atoms. The number of halogens is 1. The van der Waals surface area contributed by atoms with Gasteiger partial charge in [0.05, 0.1) is 6.54 Å². The molecule has 2 N–H and O–H groups in total. The van der Waals surface area contributed by atoms with Gasteiger partial charge in [-0.3, -0.25) is 4.99 Å². The van der Waals surface area contributed by atoms with Gasteiger partial charge in [-0.25, -0.2) is 0 Å². The lowest BCUT2D eigenvalue weighted by Gasteiger charge is -2.31. The van der Waals surface area contributed by atoms with Crippen LogP contribution in [0, 0.1) is 0 Å². The second kappa shape index (κ2) is 13.8. The SMILES string of the molecule is CCOCC1=NCC(c2ccc(OCC(O)CN(CC)CC)cc2)(c2ccc(Oc3ccc(Cl)cc3)cc2)N1. The summed E-state index contributed by atoms with van der Waals surface area (Å²) in [5.74, 6) is 2.99. The molecule has 0 saturated heterocycles. The van der Waals surface area contributed by atoms with Crippen LogP contribution in [0.25, 0.3) is 0 Å². The van der Waals surface area contributed by atoms with Crippen molar-refractivity contribution in [2.24, 2.45) is 4.99 Å². The van der Waals surface area contributed by atoms with Crippen molar-refractivity contribution in [2.75, 3.05) is 46.0 Å². The third-order valence-corrected chi connectivity index (χ3v) is 7.11. The number of hydrogen-bond acceptors (Lipinski definition) is 7. The van der Waals surface area contributed by atoms with Gasteiger partial charge >= 0.3 is 0 Å². The number of ether oxygens (including phenoxy) is 3. The lowest BCUT2D eigenvalue weighted by molar-refractivity contribution is 0.0716. The minimum atomic E-state index is -0.550. The highest BCUT2D eigenvalue weighted by Crippen LogP contribution is 2.35. The fourth-order valence-corrected chi connectivity index (χ4v) is 4.75. The number of hydrogen-bond donors (Lipinski definition) is 2. The molecule has 2 atom stereocenters. The van der Waals surface area contributed by atoms with Crippen molar-refractivity contribution in [2.45, 2.75) is 32.4 Å². The predicted octanol–water partition coefficient (Wildman–Crippen LogP) is 5.50. The zero-order valence-corrected chi connectivity index (χ0v) is 23.7. The molecule has 0 aromatic heterocycles. The summed E-state index contributed by atoms with van der Waals surface area (Å²) in [5, 5.41) is 14.7. The van der Waals surface area contributed by atoms with E-state index in [1.165, 1.54) is 0 Å². The normalized spacial score (nSPS) is 17.5. The maximum absolute atomic E-state index is 10.4. The summed E-state index contributed by atoms with van der Waals surface area (Å²) < 4.78 is 17.5. The molecule has 0 spiro atoms. The van der Waals surface area contributed by atoms with Gasteiger partial charge in [-0.1, -0.05) is 49.7 Å². The second-order valence-corrected chi connectivity index (χ2v) is 9.92. The van der Waals surface area contributed by atoms with E-state index in [1.54, 1.807) is 12.1 Å². The first-order valence-corrected chi connectivity index (χ1v) is 13.9. The molecule has 1 heterocycles. The van der Waals surface area contributed by atoms with Gasteiger partial charge in [-0.15, -0.1) is 0 Å². The van der Waals surface area contributed by atoms with Crippen molar-refractivity contribution < 1.29 is 19.3 Å². The minimum Gasteiger partial charge on any atom is -0.491 e. The van der Waals surface area contributed by atoms with E-state index in [2.05, 4.69) is 48.3 Å². The van der Waals surface area contributed by atoms with E-state index >= 15 is 0 Å². The van der Waals surface area contributed by atoms with Crippen LogP contribution in [-0.2, 0) is 10.3 Å². The van der Waals surface area contributed by atoms with Crippen LogP contribution in [0.15, 0.2) is 77.8 Å². The zero-order valence-electron chi connectivity index (χ0n) is 22.9. The molecule has 39 heavy (non-hydrogen) atoms. The summed E-state index contributed by atoms with van der Waals surface area (Å²) in [4.78, 5) is 6.95. The van der Waals surface area contributed by atoms with Crippen molar-refractivity contribution in [3.63, 3.8) is 0 Å². The Morgan fingerprint density at radius 1 is 0.897 bits per heavy atom. The van der Waals surface area contributed by atoms with Crippen LogP contribution in [0.1, 0.15) is 31.9 Å². The van der Waals surface area contributed by atoms with Crippen LogP contribution in [0.3, 0.4) is 0 Å². The molecule has 0 amide bonds. The first-order valence-electron chi connectivity index (χ1n) is 13.5. The second-order valence-electron chi connectivity index (χ2n) is 9.49. The van der Waals surface area contributed by atoms with Crippen molar-refractivity contribution >= 4 is 17.4 Å². The standard InChI is InChI=1S/C31H38ClN3O4/c1-4-35(5-2)19-26(36)20-38-27-13-7-23(8-14-27)31(22-33-30(34-31)21-37-6-3)24-9-15-28(16-10-24)39-29-17-11-25(32)12-18-29/h7-18,26,36H,4-6,19-22H2,1-3H3,(H,33,34). The van der Waals surface area contributed by atoms with Gasteiger partial charge in [0, 0.05) is 18.2 Å². The largest absolute Gasteiger partial charge is 0.491 e. The fourth-order valence-electron chi connectivity index (χ4n) is 4.62. The Labute approximate surface area is 236 Å². The lowest BCUT2D eigenvalue weighted by Crippen LogP contribution is -2.45. The Morgan fingerprint density at radius 2 is 1.46 bits per heavy atom. The third kappa shape index (κ3) is 7.51. The monoisotopic (exact) mass is 551 g/mol. The molecular formula is C31H38ClN3O4. The molecule has 7 nitrogen and oxygen atoms in total. The van der Waals surface area contributed by atoms with Crippen LogP contribution in [-0.4, -0.2) is 67.9 Å². The van der Waals surface area contributed by atoms with E-state index in [9.17, 15) is 5.11 Å². The molecule has 0 aliphatic carbocycles. The molecule has 4 rings (SSSR count). The van der Waals surface area contributed by atoms with Crippen LogP contribution < -0.4 is 14.8 Å². The fraction of sp³-hybridized carbons (Fsp3) is 0.387. The van der Waals surface area contributed by atoms with Crippen LogP contribution in [0.2, 0.25) is 5.02 Å². The first kappa shape index (κ1) is 28.9. The van der Waals surface area contributed by atoms with Crippen molar-refractivity contribution in [3.8, 4) is 17.2 Å². The third-order valence-electron chi connectivity index (χ3n) is 6.86. The average molecular weight is 552 g/mol. The number of nitrogens with zero attached hydrogens (tertiary/aromatic N) is 2. The van der Waals surface area contributed by atoms with Crippen LogP contribution in [0.5, 0.6) is 17.2 Å². The Kier molecular flexibility index (Phi) is 10.2. The number of likely N-dealkylation sites (N-methyl/N-ethyl adjacent to an activating group) is 1. The molecule has 8 heteroatoms. The Morgan fingerprint density at radius 3 is 2.03 bits per heavy atom. The summed E-state index contributed by atoms with van der Waals surface area (Å²) in [6, 6.07) is 23.3. The van der Waals surface area contributed by atoms with E-state index in [4.69, 9.17) is 30.8 Å². The van der Waals surface area contributed by atoms with Gasteiger partial charge in [0.2, 0.25) is 0 Å². The Hall–Kier alpha value is -3.10. The van der Waals surface area contributed by atoms with Gasteiger partial charge < -0.3 is 29.5 Å². The molecule has 3 aromatic rings. The highest BCUT2D eigenvalue weighted by molar-refractivity contribution is 6.30. The number of nitrogens with one attached hydrogen (secondary N) is 1. The summed E-state index contributed by atoms with van der Waals surface area (Å²) in [7, 11) is 0. The van der Waals surface area contributed by atoms with Crippen LogP contribution in [0.4, 0.5) is 0 Å². The summed E-state index contributed by atoms with van der Waals surface area (Å²) in [5.41, 5.74) is 1.57. The number of amidine groups is 1. The molecule has 2 unspecified atom stereocenters. The van der Waals surface area contributed by atoms with E-state index in [-0.39, 0.29) is 6.61 Å². The van der Waals surface area contributed by atoms with Crippen molar-refractivity contribution in [1.29, 1.82) is 0 Å². The predicted molar refractivity (Wildman–Crippen MR) is 156 cm³/mol. The number of aliphatic hydroxyl groups is 1. The molecule has 3 aromatic carbocycles. The lowest BCUT2D eigenvalue weighted by atomic mass is 9.83. The number of aliphatic hydroxyl groups excluding tert-OH is 1. The van der Waals surface area contributed by atoms with Crippen molar-refractivity contribution in [1.82, 2.24) is 10.2 Å². The molecule has 1 aliphatic rings. The number of rotatable bonds is 14. The topological polar surface area (TPSA) is 75.5 Å². The van der Waals surface area contributed by atoms with E-state index in [1.807, 2.05) is 43.3 Å². The Bertz CT molecular complexity index is 1200. The highest BCUT2D eigenvalue weighted by atomic mass is 35.5. The van der Waals surface area contributed by atoms with Gasteiger partial charge in [-0.2, -0.15) is 0 Å². The van der Waals surface area contributed by atoms with Gasteiger partial charge in [-0.05, 0) is 79.7 Å². The molecular weight excluding hydrogens is 514 g/mol. The highest BCUT2D eigenvalue weighted by Gasteiger charge is 2.39. The van der Waals surface area contributed by atoms with Gasteiger partial charge in [0.15, 0.2) is 0 Å². The molecule has 0 saturated carbocycles. The van der Waals surface area contributed by atoms with Gasteiger partial charge in [0.25, 0.3) is 0 Å². The van der Waals surface area contributed by atoms with Gasteiger partial charge in [0.1, 0.15) is 47.9 Å². The van der Waals surface area contributed by atoms with Crippen molar-refractivity contribution in [3.05, 3.63) is 88.9 Å². The maximum atomic E-state index is 10.4.